The highest BCUT2D eigenvalue weighted by molar-refractivity contribution is 9.10. The molecule has 0 spiro atoms. The molecule has 164 valence electrons. The predicted molar refractivity (Wildman–Crippen MR) is 117 cm³/mol. The van der Waals surface area contributed by atoms with Crippen LogP contribution in [0.25, 0.3) is 0 Å². The first-order valence-electron chi connectivity index (χ1n) is 9.42. The average Bonchev–Trinajstić information content (AvgIpc) is 3.34. The van der Waals surface area contributed by atoms with Crippen LogP contribution < -0.4 is 20.1 Å². The first kappa shape index (κ1) is 22.4. The number of amides is 3. The highest BCUT2D eigenvalue weighted by atomic mass is 79.9. The lowest BCUT2D eigenvalue weighted by Crippen LogP contribution is -2.54. The normalized spacial score (nSPS) is 17.4. The van der Waals surface area contributed by atoms with Crippen LogP contribution in [0, 0.1) is 0 Å². The molecular weight excluding hydrogens is 468 g/mol. The molecule has 1 aliphatic rings. The van der Waals surface area contributed by atoms with Crippen LogP contribution in [0.3, 0.4) is 0 Å². The molecule has 0 unspecified atom stereocenters. The Kier molecular flexibility index (Phi) is 7.01. The number of carbonyl (C=O) groups is 3. The average molecular weight is 491 g/mol. The number of aromatic nitrogens is 1. The quantitative estimate of drug-likeness (QED) is 0.550. The van der Waals surface area contributed by atoms with Crippen molar-refractivity contribution in [3.05, 3.63) is 58.3 Å². The molecule has 10 heteroatoms. The van der Waals surface area contributed by atoms with Gasteiger partial charge in [0.15, 0.2) is 17.3 Å². The van der Waals surface area contributed by atoms with Crippen LogP contribution in [0.5, 0.6) is 11.5 Å². The van der Waals surface area contributed by atoms with Crippen LogP contribution in [0.15, 0.2) is 47.1 Å². The third-order valence-electron chi connectivity index (χ3n) is 4.82. The largest absolute Gasteiger partial charge is 0.493 e. The Balaban J connectivity index is 1.62. The number of urea groups is 1. The topological polar surface area (TPSA) is 113 Å². The summed E-state index contributed by atoms with van der Waals surface area (Å²) in [5.74, 6) is 0.482. The van der Waals surface area contributed by atoms with E-state index in [0.29, 0.717) is 21.8 Å². The fourth-order valence-corrected chi connectivity index (χ4v) is 3.53. The van der Waals surface area contributed by atoms with E-state index in [2.05, 4.69) is 31.5 Å². The number of halogens is 1. The number of benzene rings is 1. The molecule has 2 atom stereocenters. The lowest BCUT2D eigenvalue weighted by molar-refractivity contribution is -0.115. The van der Waals surface area contributed by atoms with Crippen LogP contribution in [-0.4, -0.2) is 61.0 Å². The molecule has 3 N–H and O–H groups in total. The number of rotatable bonds is 7. The number of nitrogens with zero attached hydrogens (tertiary/aromatic N) is 1. The van der Waals surface area contributed by atoms with Gasteiger partial charge in [0, 0.05) is 13.6 Å². The minimum atomic E-state index is -0.886. The summed E-state index contributed by atoms with van der Waals surface area (Å²) < 4.78 is 11.2. The third-order valence-corrected chi connectivity index (χ3v) is 5.28. The molecule has 3 rings (SSSR count). The maximum absolute atomic E-state index is 12.7. The molecule has 1 aromatic heterocycles. The minimum absolute atomic E-state index is 0.286. The molecule has 0 aliphatic heterocycles. The zero-order chi connectivity index (χ0) is 22.5. The summed E-state index contributed by atoms with van der Waals surface area (Å²) >= 11 is 3.25. The third kappa shape index (κ3) is 5.26. The fraction of sp³-hybridized carbons (Fsp3) is 0.286. The van der Waals surface area contributed by atoms with Crippen LogP contribution in [0.1, 0.15) is 16.1 Å². The SMILES string of the molecule is COc1ccc(CN(C)C(=O)N[C@H]2C(=O)C=C[C@H]2NC(=O)c2ccc(Br)[nH]2)cc1OC. The molecule has 0 radical (unpaired) electrons. The summed E-state index contributed by atoms with van der Waals surface area (Å²) in [4.78, 5) is 41.6. The van der Waals surface area contributed by atoms with E-state index in [0.717, 1.165) is 5.56 Å². The van der Waals surface area contributed by atoms with E-state index in [1.807, 2.05) is 6.07 Å². The summed E-state index contributed by atoms with van der Waals surface area (Å²) in [6, 6.07) is 6.70. The van der Waals surface area contributed by atoms with E-state index in [-0.39, 0.29) is 18.2 Å². The van der Waals surface area contributed by atoms with E-state index < -0.39 is 18.1 Å². The van der Waals surface area contributed by atoms with E-state index >= 15 is 0 Å². The van der Waals surface area contributed by atoms with Gasteiger partial charge in [-0.2, -0.15) is 0 Å². The molecule has 1 heterocycles. The molecule has 3 amide bonds. The molecule has 1 aromatic carbocycles. The van der Waals surface area contributed by atoms with Gasteiger partial charge in [-0.05, 0) is 51.8 Å². The van der Waals surface area contributed by atoms with Crippen LogP contribution in [-0.2, 0) is 11.3 Å². The Morgan fingerprint density at radius 3 is 2.52 bits per heavy atom. The Hall–Kier alpha value is -3.27. The van der Waals surface area contributed by atoms with Crippen LogP contribution >= 0.6 is 15.9 Å². The van der Waals surface area contributed by atoms with Gasteiger partial charge in [-0.1, -0.05) is 12.1 Å². The monoisotopic (exact) mass is 490 g/mol. The number of hydrogen-bond acceptors (Lipinski definition) is 5. The molecule has 0 bridgehead atoms. The summed E-state index contributed by atoms with van der Waals surface area (Å²) in [5.41, 5.74) is 1.17. The Bertz CT molecular complexity index is 1020. The summed E-state index contributed by atoms with van der Waals surface area (Å²) in [6.45, 7) is 0.286. The second kappa shape index (κ2) is 9.69. The summed E-state index contributed by atoms with van der Waals surface area (Å²) in [7, 11) is 4.70. The van der Waals surface area contributed by atoms with Crippen molar-refractivity contribution in [3.63, 3.8) is 0 Å². The number of ketones is 1. The van der Waals surface area contributed by atoms with Crippen LogP contribution in [0.4, 0.5) is 4.79 Å². The second-order valence-corrected chi connectivity index (χ2v) is 7.81. The lowest BCUT2D eigenvalue weighted by Gasteiger charge is -2.24. The Labute approximate surface area is 187 Å². The number of hydrogen-bond donors (Lipinski definition) is 3. The molecule has 0 saturated heterocycles. The highest BCUT2D eigenvalue weighted by Crippen LogP contribution is 2.28. The van der Waals surface area contributed by atoms with Crippen molar-refractivity contribution in [1.82, 2.24) is 20.5 Å². The first-order valence-corrected chi connectivity index (χ1v) is 10.2. The highest BCUT2D eigenvalue weighted by Gasteiger charge is 2.33. The first-order chi connectivity index (χ1) is 14.8. The van der Waals surface area contributed by atoms with E-state index in [1.165, 1.54) is 18.1 Å². The van der Waals surface area contributed by atoms with Crippen molar-refractivity contribution in [2.75, 3.05) is 21.3 Å². The fourth-order valence-electron chi connectivity index (χ4n) is 3.18. The smallest absolute Gasteiger partial charge is 0.318 e. The van der Waals surface area contributed by atoms with Gasteiger partial charge in [-0.3, -0.25) is 9.59 Å². The number of aromatic amines is 1. The van der Waals surface area contributed by atoms with Gasteiger partial charge in [0.1, 0.15) is 11.7 Å². The number of H-pyrrole nitrogens is 1. The van der Waals surface area contributed by atoms with E-state index in [9.17, 15) is 14.4 Å². The molecular formula is C21H23BrN4O5. The second-order valence-electron chi connectivity index (χ2n) is 6.95. The molecule has 9 nitrogen and oxygen atoms in total. The van der Waals surface area contributed by atoms with Crippen molar-refractivity contribution < 1.29 is 23.9 Å². The van der Waals surface area contributed by atoms with E-state index in [1.54, 1.807) is 44.5 Å². The standard InChI is InChI=1S/C21H23BrN4O5/c1-26(11-12-4-8-16(30-2)17(10-12)31-3)21(29)25-19-13(5-7-15(19)27)24-20(28)14-6-9-18(22)23-14/h4-10,13,19,23H,11H2,1-3H3,(H,24,28)(H,25,29)/t13-,19-/m1/s1. The van der Waals surface area contributed by atoms with Gasteiger partial charge in [0.05, 0.1) is 24.9 Å². The number of ether oxygens (including phenoxy) is 2. The minimum Gasteiger partial charge on any atom is -0.493 e. The lowest BCUT2D eigenvalue weighted by atomic mass is 10.1. The molecule has 31 heavy (non-hydrogen) atoms. The van der Waals surface area contributed by atoms with Gasteiger partial charge < -0.3 is 30.0 Å². The zero-order valence-corrected chi connectivity index (χ0v) is 18.9. The number of nitrogens with one attached hydrogen (secondary N) is 3. The van der Waals surface area contributed by atoms with Crippen molar-refractivity contribution in [2.24, 2.45) is 0 Å². The Morgan fingerprint density at radius 1 is 1.13 bits per heavy atom. The number of carbonyl (C=O) groups excluding carboxylic acids is 3. The maximum atomic E-state index is 12.7. The maximum Gasteiger partial charge on any atom is 0.318 e. The van der Waals surface area contributed by atoms with Gasteiger partial charge in [-0.15, -0.1) is 0 Å². The van der Waals surface area contributed by atoms with Crippen molar-refractivity contribution >= 4 is 33.7 Å². The number of methoxy groups -OCH3 is 2. The van der Waals surface area contributed by atoms with Gasteiger partial charge >= 0.3 is 6.03 Å². The predicted octanol–water partition coefficient (Wildman–Crippen LogP) is 2.24. The molecule has 0 saturated carbocycles. The summed E-state index contributed by atoms with van der Waals surface area (Å²) in [6.07, 6.45) is 2.92. The summed E-state index contributed by atoms with van der Waals surface area (Å²) in [5, 5.41) is 5.45. The Morgan fingerprint density at radius 2 is 1.87 bits per heavy atom. The van der Waals surface area contributed by atoms with Gasteiger partial charge in [0.25, 0.3) is 5.91 Å². The van der Waals surface area contributed by atoms with Gasteiger partial charge in [0.2, 0.25) is 0 Å². The zero-order valence-electron chi connectivity index (χ0n) is 17.3. The molecule has 2 aromatic rings. The van der Waals surface area contributed by atoms with Gasteiger partial charge in [-0.25, -0.2) is 4.79 Å². The van der Waals surface area contributed by atoms with Crippen molar-refractivity contribution in [2.45, 2.75) is 18.6 Å². The molecule has 0 fully saturated rings. The van der Waals surface area contributed by atoms with Crippen molar-refractivity contribution in [3.8, 4) is 11.5 Å². The van der Waals surface area contributed by atoms with E-state index in [4.69, 9.17) is 9.47 Å². The van der Waals surface area contributed by atoms with Crippen molar-refractivity contribution in [1.29, 1.82) is 0 Å². The molecule has 1 aliphatic carbocycles. The van der Waals surface area contributed by atoms with Crippen LogP contribution in [0.2, 0.25) is 0 Å².